The summed E-state index contributed by atoms with van der Waals surface area (Å²) in [6.07, 6.45) is 5.02. The fraction of sp³-hybridized carbons (Fsp3) is 0.269. The van der Waals surface area contributed by atoms with Crippen LogP contribution in [0.5, 0.6) is 11.8 Å². The summed E-state index contributed by atoms with van der Waals surface area (Å²) in [6, 6.07) is 5.32. The van der Waals surface area contributed by atoms with Crippen molar-refractivity contribution in [2.24, 2.45) is 7.05 Å². The van der Waals surface area contributed by atoms with E-state index in [-0.39, 0.29) is 47.1 Å². The fourth-order valence-corrected chi connectivity index (χ4v) is 3.57. The number of allylic oxidation sites excluding steroid dienone is 6. The van der Waals surface area contributed by atoms with Gasteiger partial charge in [0.15, 0.2) is 11.2 Å². The number of ether oxygens (including phenoxy) is 1. The highest BCUT2D eigenvalue weighted by atomic mass is 35.5. The van der Waals surface area contributed by atoms with Gasteiger partial charge in [0, 0.05) is 24.2 Å². The molecule has 36 heavy (non-hydrogen) atoms. The summed E-state index contributed by atoms with van der Waals surface area (Å²) < 4.78 is 38.8. The second kappa shape index (κ2) is 10.5. The number of aromatic nitrogens is 4. The molecule has 10 heteroatoms. The zero-order chi connectivity index (χ0) is 26.8. The van der Waals surface area contributed by atoms with Crippen LogP contribution in [0.3, 0.4) is 0 Å². The van der Waals surface area contributed by atoms with Crippen molar-refractivity contribution in [3.05, 3.63) is 98.2 Å². The number of alkyl halides is 2. The maximum Gasteiger partial charge on any atom is 0.332 e. The lowest BCUT2D eigenvalue weighted by molar-refractivity contribution is 0.0383. The molecule has 3 aromatic rings. The van der Waals surface area contributed by atoms with Crippen LogP contribution in [0.4, 0.5) is 8.78 Å². The lowest BCUT2D eigenvalue weighted by Gasteiger charge is -2.17. The molecule has 3 rings (SSSR count). The van der Waals surface area contributed by atoms with Gasteiger partial charge in [-0.05, 0) is 50.1 Å². The molecule has 1 aromatic carbocycles. The van der Waals surface area contributed by atoms with Crippen molar-refractivity contribution in [3.63, 3.8) is 0 Å². The maximum atomic E-state index is 14.5. The number of aryl methyl sites for hydroxylation is 1. The second-order valence-corrected chi connectivity index (χ2v) is 8.63. The largest absolute Gasteiger partial charge is 0.425 e. The molecule has 7 nitrogen and oxygen atoms in total. The molecule has 0 unspecified atom stereocenters. The summed E-state index contributed by atoms with van der Waals surface area (Å²) in [5.41, 5.74) is -0.940. The second-order valence-electron chi connectivity index (χ2n) is 8.19. The van der Waals surface area contributed by atoms with E-state index in [2.05, 4.69) is 18.1 Å². The Hall–Kier alpha value is -3.72. The van der Waals surface area contributed by atoms with Crippen LogP contribution in [-0.4, -0.2) is 18.7 Å². The Morgan fingerprint density at radius 2 is 1.92 bits per heavy atom. The zero-order valence-corrected chi connectivity index (χ0v) is 21.3. The van der Waals surface area contributed by atoms with Crippen LogP contribution in [0.25, 0.3) is 11.2 Å². The standard InChI is InChI=1S/C26H27ClF2N4O3/c1-7-19(27)13-12-17(5)15-33-21-22(32(8-2)25(35)31(6)23(21)34)30-24(33)36-20-11-9-10-18(14-20)26(28,29)16(3)4/h7,9-14H,3,5,8,15H2,1-2,4,6H3/b13-12-,19-7+. The highest BCUT2D eigenvalue weighted by molar-refractivity contribution is 6.31. The van der Waals surface area contributed by atoms with E-state index < -0.39 is 17.2 Å². The smallest absolute Gasteiger partial charge is 0.332 e. The first kappa shape index (κ1) is 26.9. The van der Waals surface area contributed by atoms with Crippen molar-refractivity contribution >= 4 is 22.8 Å². The quantitative estimate of drug-likeness (QED) is 0.273. The molecule has 0 bridgehead atoms. The summed E-state index contributed by atoms with van der Waals surface area (Å²) in [7, 11) is 1.37. The summed E-state index contributed by atoms with van der Waals surface area (Å²) in [4.78, 5) is 30.2. The minimum absolute atomic E-state index is 0.0580. The number of halogens is 3. The summed E-state index contributed by atoms with van der Waals surface area (Å²) >= 11 is 6.03. The third-order valence-corrected chi connectivity index (χ3v) is 5.91. The van der Waals surface area contributed by atoms with Gasteiger partial charge in [-0.1, -0.05) is 49.0 Å². The molecule has 0 aliphatic heterocycles. The molecule has 0 saturated heterocycles. The van der Waals surface area contributed by atoms with Gasteiger partial charge in [-0.25, -0.2) is 4.79 Å². The molecule has 0 radical (unpaired) electrons. The van der Waals surface area contributed by atoms with Gasteiger partial charge < -0.3 is 4.74 Å². The molecule has 0 aliphatic carbocycles. The Morgan fingerprint density at radius 1 is 1.22 bits per heavy atom. The number of hydrogen-bond acceptors (Lipinski definition) is 4. The van der Waals surface area contributed by atoms with Crippen LogP contribution < -0.4 is 16.0 Å². The Labute approximate surface area is 211 Å². The summed E-state index contributed by atoms with van der Waals surface area (Å²) in [5, 5.41) is 0.495. The van der Waals surface area contributed by atoms with Gasteiger partial charge >= 0.3 is 11.7 Å². The minimum Gasteiger partial charge on any atom is -0.425 e. The van der Waals surface area contributed by atoms with E-state index in [9.17, 15) is 18.4 Å². The average molecular weight is 517 g/mol. The molecule has 0 atom stereocenters. The van der Waals surface area contributed by atoms with Crippen molar-refractivity contribution in [1.82, 2.24) is 18.7 Å². The van der Waals surface area contributed by atoms with Crippen LogP contribution in [-0.2, 0) is 26.1 Å². The maximum absolute atomic E-state index is 14.5. The topological polar surface area (TPSA) is 71.1 Å². The predicted molar refractivity (Wildman–Crippen MR) is 138 cm³/mol. The number of nitrogens with zero attached hydrogens (tertiary/aromatic N) is 4. The van der Waals surface area contributed by atoms with Crippen molar-refractivity contribution in [2.45, 2.75) is 39.8 Å². The van der Waals surface area contributed by atoms with Crippen molar-refractivity contribution in [2.75, 3.05) is 0 Å². The van der Waals surface area contributed by atoms with E-state index in [0.29, 0.717) is 10.6 Å². The van der Waals surface area contributed by atoms with E-state index in [1.807, 2.05) is 0 Å². The summed E-state index contributed by atoms with van der Waals surface area (Å²) in [5.74, 6) is -3.19. The molecule has 0 aliphatic rings. The molecule has 0 fully saturated rings. The number of imidazole rings is 1. The monoisotopic (exact) mass is 516 g/mol. The molecule has 0 spiro atoms. The van der Waals surface area contributed by atoms with Crippen LogP contribution in [0.1, 0.15) is 26.3 Å². The molecule has 0 saturated carbocycles. The first-order valence-electron chi connectivity index (χ1n) is 11.1. The molecular weight excluding hydrogens is 490 g/mol. The minimum atomic E-state index is -3.26. The predicted octanol–water partition coefficient (Wildman–Crippen LogP) is 5.63. The van der Waals surface area contributed by atoms with Crippen molar-refractivity contribution in [1.29, 1.82) is 0 Å². The van der Waals surface area contributed by atoms with Crippen LogP contribution in [0.2, 0.25) is 0 Å². The number of rotatable bonds is 9. The van der Waals surface area contributed by atoms with Gasteiger partial charge in [0.25, 0.3) is 11.5 Å². The third kappa shape index (κ3) is 5.11. The Kier molecular flexibility index (Phi) is 7.83. The zero-order valence-electron chi connectivity index (χ0n) is 20.5. The van der Waals surface area contributed by atoms with E-state index in [0.717, 1.165) is 4.57 Å². The molecule has 2 heterocycles. The van der Waals surface area contributed by atoms with E-state index in [1.165, 1.54) is 47.4 Å². The molecule has 2 aromatic heterocycles. The first-order chi connectivity index (χ1) is 16.9. The normalized spacial score (nSPS) is 12.5. The van der Waals surface area contributed by atoms with Gasteiger partial charge in [0.05, 0.1) is 6.54 Å². The van der Waals surface area contributed by atoms with Gasteiger partial charge in [-0.2, -0.15) is 13.8 Å². The van der Waals surface area contributed by atoms with Gasteiger partial charge in [0.2, 0.25) is 0 Å². The van der Waals surface area contributed by atoms with Gasteiger partial charge in [-0.3, -0.25) is 18.5 Å². The molecule has 190 valence electrons. The highest BCUT2D eigenvalue weighted by Crippen LogP contribution is 2.37. The SMILES string of the molecule is C=C(/C=C\C(Cl)=C/C)Cn1c(Oc2cccc(C(F)(F)C(=C)C)c2)nc2c1c(=O)n(C)c(=O)n2CC. The van der Waals surface area contributed by atoms with E-state index >= 15 is 0 Å². The number of benzene rings is 1. The fourth-order valence-electron chi connectivity index (χ4n) is 3.50. The average Bonchev–Trinajstić information content (AvgIpc) is 3.18. The third-order valence-electron chi connectivity index (χ3n) is 5.57. The lowest BCUT2D eigenvalue weighted by atomic mass is 10.0. The van der Waals surface area contributed by atoms with Crippen LogP contribution >= 0.6 is 11.6 Å². The summed E-state index contributed by atoms with van der Waals surface area (Å²) in [6.45, 7) is 12.5. The molecular formula is C26H27ClF2N4O3. The van der Waals surface area contributed by atoms with Crippen LogP contribution in [0.15, 0.2) is 81.4 Å². The van der Waals surface area contributed by atoms with Crippen LogP contribution in [0, 0.1) is 0 Å². The molecule has 0 N–H and O–H groups in total. The van der Waals surface area contributed by atoms with Crippen molar-refractivity contribution < 1.29 is 13.5 Å². The van der Waals surface area contributed by atoms with Gasteiger partial charge in [0.1, 0.15) is 5.75 Å². The van der Waals surface area contributed by atoms with Crippen molar-refractivity contribution in [3.8, 4) is 11.8 Å². The number of fused-ring (bicyclic) bond motifs is 1. The lowest BCUT2D eigenvalue weighted by Crippen LogP contribution is -2.38. The van der Waals surface area contributed by atoms with E-state index in [4.69, 9.17) is 16.3 Å². The van der Waals surface area contributed by atoms with E-state index in [1.54, 1.807) is 32.1 Å². The first-order valence-corrected chi connectivity index (χ1v) is 11.5. The number of hydrogen-bond donors (Lipinski definition) is 0. The highest BCUT2D eigenvalue weighted by Gasteiger charge is 2.33. The Bertz CT molecular complexity index is 1530. The van der Waals surface area contributed by atoms with Gasteiger partial charge in [-0.15, -0.1) is 0 Å². The Morgan fingerprint density at radius 3 is 2.53 bits per heavy atom. The Balaban J connectivity index is 2.20. The molecule has 0 amide bonds.